The number of morpholine rings is 1. The van der Waals surface area contributed by atoms with Gasteiger partial charge in [-0.15, -0.1) is 0 Å². The summed E-state index contributed by atoms with van der Waals surface area (Å²) in [6.45, 7) is 4.24. The van der Waals surface area contributed by atoms with Gasteiger partial charge in [-0.2, -0.15) is 19.3 Å². The summed E-state index contributed by atoms with van der Waals surface area (Å²) >= 11 is 0. The topological polar surface area (TPSA) is 83.4 Å². The van der Waals surface area contributed by atoms with Crippen molar-refractivity contribution < 1.29 is 14.2 Å². The maximum Gasteiger partial charge on any atom is 0.315 e. The van der Waals surface area contributed by atoms with Crippen molar-refractivity contribution in [1.82, 2.24) is 15.0 Å². The summed E-state index contributed by atoms with van der Waals surface area (Å²) < 4.78 is 19.1. The monoisotopic (exact) mass is 355 g/mol. The number of phenols is 1. The van der Waals surface area contributed by atoms with Crippen molar-refractivity contribution in [1.29, 1.82) is 0 Å². The first-order chi connectivity index (χ1) is 12.6. The molecule has 1 aliphatic rings. The predicted octanol–water partition coefficient (Wildman–Crippen LogP) is 2.76. The lowest BCUT2D eigenvalue weighted by Crippen LogP contribution is -2.37. The first kappa shape index (κ1) is 16.5. The van der Waals surface area contributed by atoms with E-state index in [1.807, 2.05) is 30.0 Å². The van der Waals surface area contributed by atoms with Gasteiger partial charge in [0, 0.05) is 24.2 Å². The molecule has 2 heterocycles. The number of anilines is 3. The van der Waals surface area contributed by atoms with Crippen LogP contribution < -0.4 is 10.2 Å². The molecule has 4 rings (SSSR count). The van der Waals surface area contributed by atoms with Crippen LogP contribution in [-0.2, 0) is 4.74 Å². The number of aromatic nitrogens is 3. The Balaban J connectivity index is 1.64. The molecule has 1 fully saturated rings. The maximum atomic E-state index is 13.8. The summed E-state index contributed by atoms with van der Waals surface area (Å²) in [4.78, 5) is 13.7. The predicted molar refractivity (Wildman–Crippen MR) is 96.4 cm³/mol. The zero-order valence-electron chi connectivity index (χ0n) is 14.2. The van der Waals surface area contributed by atoms with Gasteiger partial charge in [0.25, 0.3) is 0 Å². The van der Waals surface area contributed by atoms with Crippen LogP contribution in [0.5, 0.6) is 5.75 Å². The van der Waals surface area contributed by atoms with E-state index in [1.54, 1.807) is 12.1 Å². The fraction of sp³-hybridized carbons (Fsp3) is 0.278. The molecule has 0 amide bonds. The van der Waals surface area contributed by atoms with Crippen LogP contribution in [0.15, 0.2) is 30.3 Å². The highest BCUT2D eigenvalue weighted by Gasteiger charge is 2.16. The number of aryl methyl sites for hydroxylation is 1. The number of fused-ring (bicyclic) bond motifs is 1. The first-order valence-corrected chi connectivity index (χ1v) is 8.33. The zero-order chi connectivity index (χ0) is 18.1. The molecule has 3 aromatic rings. The molecule has 0 unspecified atom stereocenters. The minimum atomic E-state index is -0.844. The Morgan fingerprint density at radius 2 is 1.92 bits per heavy atom. The number of nitrogens with zero attached hydrogens (tertiary/aromatic N) is 4. The summed E-state index contributed by atoms with van der Waals surface area (Å²) in [6, 6.07) is 9.17. The Morgan fingerprint density at radius 1 is 1.12 bits per heavy atom. The molecular weight excluding hydrogens is 337 g/mol. The van der Waals surface area contributed by atoms with E-state index < -0.39 is 6.08 Å². The fourth-order valence-corrected chi connectivity index (χ4v) is 2.99. The molecule has 2 N–H and O–H groups in total. The second-order valence-corrected chi connectivity index (χ2v) is 6.17. The fourth-order valence-electron chi connectivity index (χ4n) is 2.99. The van der Waals surface area contributed by atoms with E-state index >= 15 is 0 Å². The average Bonchev–Trinajstić information content (AvgIpc) is 2.62. The van der Waals surface area contributed by atoms with Crippen LogP contribution in [0.2, 0.25) is 0 Å². The highest BCUT2D eigenvalue weighted by Crippen LogP contribution is 2.29. The van der Waals surface area contributed by atoms with Gasteiger partial charge in [-0.25, -0.2) is 0 Å². The van der Waals surface area contributed by atoms with Crippen LogP contribution in [0.4, 0.5) is 22.0 Å². The highest BCUT2D eigenvalue weighted by molar-refractivity contribution is 5.91. The molecule has 0 saturated carbocycles. The highest BCUT2D eigenvalue weighted by atomic mass is 19.1. The Bertz CT molecular complexity index is 960. The SMILES string of the molecule is Cc1cc(O)c2cc(Nc3nc(F)nc(N4CCOCC4)n3)ccc2c1. The molecular formula is C18H18FN5O2. The van der Waals surface area contributed by atoms with Crippen LogP contribution in [-0.4, -0.2) is 46.4 Å². The van der Waals surface area contributed by atoms with Crippen molar-refractivity contribution in [3.05, 3.63) is 42.0 Å². The molecule has 134 valence electrons. The Labute approximate surface area is 149 Å². The lowest BCUT2D eigenvalue weighted by Gasteiger charge is -2.26. The molecule has 0 atom stereocenters. The van der Waals surface area contributed by atoms with Crippen molar-refractivity contribution >= 4 is 28.4 Å². The van der Waals surface area contributed by atoms with E-state index in [1.165, 1.54) is 0 Å². The molecule has 7 nitrogen and oxygen atoms in total. The largest absolute Gasteiger partial charge is 0.507 e. The number of benzene rings is 2. The van der Waals surface area contributed by atoms with Crippen molar-refractivity contribution in [2.75, 3.05) is 36.5 Å². The van der Waals surface area contributed by atoms with Crippen molar-refractivity contribution in [3.8, 4) is 5.75 Å². The second kappa shape index (κ2) is 6.72. The lowest BCUT2D eigenvalue weighted by atomic mass is 10.1. The molecule has 1 aliphatic heterocycles. The third kappa shape index (κ3) is 3.36. The molecule has 2 aromatic carbocycles. The Hall–Kier alpha value is -3.00. The number of phenolic OH excluding ortho intramolecular Hbond substituents is 1. The normalized spacial score (nSPS) is 14.6. The maximum absolute atomic E-state index is 13.8. The number of rotatable bonds is 3. The molecule has 1 saturated heterocycles. The second-order valence-electron chi connectivity index (χ2n) is 6.17. The van der Waals surface area contributed by atoms with E-state index in [4.69, 9.17) is 4.74 Å². The van der Waals surface area contributed by atoms with E-state index in [2.05, 4.69) is 20.3 Å². The Kier molecular flexibility index (Phi) is 4.26. The van der Waals surface area contributed by atoms with E-state index in [-0.39, 0.29) is 17.6 Å². The van der Waals surface area contributed by atoms with E-state index in [0.717, 1.165) is 10.9 Å². The number of aromatic hydroxyl groups is 1. The van der Waals surface area contributed by atoms with Gasteiger partial charge in [-0.3, -0.25) is 0 Å². The third-order valence-electron chi connectivity index (χ3n) is 4.22. The summed E-state index contributed by atoms with van der Waals surface area (Å²) in [5.41, 5.74) is 1.63. The minimum Gasteiger partial charge on any atom is -0.507 e. The van der Waals surface area contributed by atoms with E-state index in [9.17, 15) is 9.50 Å². The van der Waals surface area contributed by atoms with E-state index in [0.29, 0.717) is 37.4 Å². The summed E-state index contributed by atoms with van der Waals surface area (Å²) in [7, 11) is 0. The number of ether oxygens (including phenoxy) is 1. The van der Waals surface area contributed by atoms with Crippen LogP contribution in [0, 0.1) is 13.0 Å². The molecule has 0 bridgehead atoms. The molecule has 0 radical (unpaired) electrons. The van der Waals surface area contributed by atoms with Gasteiger partial charge in [0.1, 0.15) is 5.75 Å². The van der Waals surface area contributed by atoms with Gasteiger partial charge < -0.3 is 20.1 Å². The third-order valence-corrected chi connectivity index (χ3v) is 4.22. The van der Waals surface area contributed by atoms with Crippen LogP contribution in [0.1, 0.15) is 5.56 Å². The standard InChI is InChI=1S/C18H18FN5O2/c1-11-8-12-2-3-13(10-14(12)15(25)9-11)20-17-21-16(19)22-18(23-17)24-4-6-26-7-5-24/h2-3,8-10,25H,4-7H2,1H3,(H,20,21,22,23). The number of halogens is 1. The van der Waals surface area contributed by atoms with Gasteiger partial charge in [0.15, 0.2) is 0 Å². The van der Waals surface area contributed by atoms with Gasteiger partial charge >= 0.3 is 6.08 Å². The average molecular weight is 355 g/mol. The summed E-state index contributed by atoms with van der Waals surface area (Å²) in [6.07, 6.45) is -0.844. The molecule has 8 heteroatoms. The van der Waals surface area contributed by atoms with Crippen LogP contribution in [0.3, 0.4) is 0 Å². The molecule has 0 spiro atoms. The van der Waals surface area contributed by atoms with Gasteiger partial charge in [0.2, 0.25) is 11.9 Å². The number of hydrogen-bond donors (Lipinski definition) is 2. The Morgan fingerprint density at radius 3 is 2.73 bits per heavy atom. The smallest absolute Gasteiger partial charge is 0.315 e. The van der Waals surface area contributed by atoms with Crippen LogP contribution in [0.25, 0.3) is 10.8 Å². The molecule has 1 aromatic heterocycles. The first-order valence-electron chi connectivity index (χ1n) is 8.33. The van der Waals surface area contributed by atoms with Gasteiger partial charge in [-0.1, -0.05) is 12.1 Å². The lowest BCUT2D eigenvalue weighted by molar-refractivity contribution is 0.122. The quantitative estimate of drug-likeness (QED) is 0.747. The number of hydrogen-bond acceptors (Lipinski definition) is 7. The van der Waals surface area contributed by atoms with Crippen molar-refractivity contribution in [2.45, 2.75) is 6.92 Å². The summed E-state index contributed by atoms with van der Waals surface area (Å²) in [5, 5.41) is 14.8. The zero-order valence-corrected chi connectivity index (χ0v) is 14.2. The molecule has 0 aliphatic carbocycles. The molecule has 26 heavy (non-hydrogen) atoms. The van der Waals surface area contributed by atoms with Crippen molar-refractivity contribution in [3.63, 3.8) is 0 Å². The van der Waals surface area contributed by atoms with Gasteiger partial charge in [0.05, 0.1) is 13.2 Å². The van der Waals surface area contributed by atoms with Gasteiger partial charge in [-0.05, 0) is 36.1 Å². The number of nitrogens with one attached hydrogen (secondary N) is 1. The van der Waals surface area contributed by atoms with Crippen molar-refractivity contribution in [2.24, 2.45) is 0 Å². The minimum absolute atomic E-state index is 0.116. The van der Waals surface area contributed by atoms with Crippen LogP contribution >= 0.6 is 0 Å². The summed E-state index contributed by atoms with van der Waals surface area (Å²) in [5.74, 6) is 0.590.